The molecule has 0 saturated heterocycles. The van der Waals surface area contributed by atoms with E-state index in [9.17, 15) is 13.2 Å². The van der Waals surface area contributed by atoms with Gasteiger partial charge in [-0.05, 0) is 29.8 Å². The summed E-state index contributed by atoms with van der Waals surface area (Å²) in [6.45, 7) is 1.65. The molecular formula is C23H22N4O4S. The summed E-state index contributed by atoms with van der Waals surface area (Å²) in [4.78, 5) is 16.7. The number of benzene rings is 3. The molecule has 0 aliphatic heterocycles. The molecule has 0 aliphatic rings. The van der Waals surface area contributed by atoms with Crippen LogP contribution in [-0.2, 0) is 21.4 Å². The number of hydrogen-bond acceptors (Lipinski definition) is 6. The lowest BCUT2D eigenvalue weighted by Crippen LogP contribution is -2.38. The maximum absolute atomic E-state index is 12.9. The summed E-state index contributed by atoms with van der Waals surface area (Å²) in [5.41, 5.74) is 1.92. The first-order valence-corrected chi connectivity index (χ1v) is 11.4. The van der Waals surface area contributed by atoms with Crippen LogP contribution in [0.3, 0.4) is 0 Å². The molecule has 0 bridgehead atoms. The van der Waals surface area contributed by atoms with Gasteiger partial charge in [0, 0.05) is 12.6 Å². The summed E-state index contributed by atoms with van der Waals surface area (Å²) in [6.07, 6.45) is 0. The number of amides is 1. The molecule has 1 N–H and O–H groups in total. The number of aromatic nitrogens is 2. The molecule has 8 nitrogen and oxygen atoms in total. The Kier molecular flexibility index (Phi) is 6.02. The second-order valence-corrected chi connectivity index (χ2v) is 9.47. The third kappa shape index (κ3) is 4.68. The Hall–Kier alpha value is -3.56. The van der Waals surface area contributed by atoms with Crippen LogP contribution in [0.1, 0.15) is 11.5 Å². The van der Waals surface area contributed by atoms with Gasteiger partial charge < -0.3 is 9.84 Å². The van der Waals surface area contributed by atoms with Gasteiger partial charge in [-0.1, -0.05) is 65.3 Å². The zero-order valence-electron chi connectivity index (χ0n) is 17.6. The first kappa shape index (κ1) is 21.7. The van der Waals surface area contributed by atoms with Crippen molar-refractivity contribution in [3.63, 3.8) is 0 Å². The molecular weight excluding hydrogens is 428 g/mol. The summed E-state index contributed by atoms with van der Waals surface area (Å²) < 4.78 is 31.9. The fourth-order valence-corrected chi connectivity index (χ4v) is 4.33. The minimum Gasteiger partial charge on any atom is -0.346 e. The standard InChI is InChI=1S/C23H22N4O4S/c1-16-7-9-18(10-8-16)23-25-22(31-26-23)14-24-21(28)15-27(2)32(29,30)20-12-11-17-5-3-4-6-19(17)13-20/h3-13H,14-15H2,1-2H3,(H,24,28). The highest BCUT2D eigenvalue weighted by Crippen LogP contribution is 2.21. The fourth-order valence-electron chi connectivity index (χ4n) is 3.17. The highest BCUT2D eigenvalue weighted by atomic mass is 32.2. The van der Waals surface area contributed by atoms with Crippen molar-refractivity contribution in [2.45, 2.75) is 18.4 Å². The SMILES string of the molecule is Cc1ccc(-c2noc(CNC(=O)CN(C)S(=O)(=O)c3ccc4ccccc4c3)n2)cc1. The Morgan fingerprint density at radius 2 is 1.75 bits per heavy atom. The Morgan fingerprint density at radius 1 is 1.03 bits per heavy atom. The number of rotatable bonds is 7. The molecule has 0 aliphatic carbocycles. The number of sulfonamides is 1. The summed E-state index contributed by atoms with van der Waals surface area (Å²) in [6, 6.07) is 20.0. The van der Waals surface area contributed by atoms with E-state index in [-0.39, 0.29) is 23.9 Å². The maximum atomic E-state index is 12.9. The molecule has 1 heterocycles. The van der Waals surface area contributed by atoms with Crippen molar-refractivity contribution in [3.8, 4) is 11.4 Å². The zero-order chi connectivity index (χ0) is 22.7. The van der Waals surface area contributed by atoms with Gasteiger partial charge in [0.1, 0.15) is 0 Å². The minimum absolute atomic E-state index is 0.00154. The van der Waals surface area contributed by atoms with Gasteiger partial charge in [-0.15, -0.1) is 0 Å². The van der Waals surface area contributed by atoms with Crippen LogP contribution in [-0.4, -0.2) is 42.4 Å². The first-order chi connectivity index (χ1) is 15.3. The lowest BCUT2D eigenvalue weighted by Gasteiger charge is -2.17. The molecule has 4 aromatic rings. The third-order valence-corrected chi connectivity index (χ3v) is 6.81. The van der Waals surface area contributed by atoms with Crippen molar-refractivity contribution < 1.29 is 17.7 Å². The average molecular weight is 451 g/mol. The van der Waals surface area contributed by atoms with E-state index in [1.807, 2.05) is 55.5 Å². The number of nitrogens with one attached hydrogen (secondary N) is 1. The Balaban J connectivity index is 1.37. The van der Waals surface area contributed by atoms with Crippen molar-refractivity contribution >= 4 is 26.7 Å². The minimum atomic E-state index is -3.82. The van der Waals surface area contributed by atoms with Crippen LogP contribution in [0, 0.1) is 6.92 Å². The van der Waals surface area contributed by atoms with E-state index >= 15 is 0 Å². The lowest BCUT2D eigenvalue weighted by atomic mass is 10.1. The van der Waals surface area contributed by atoms with Crippen molar-refractivity contribution in [2.75, 3.05) is 13.6 Å². The molecule has 0 atom stereocenters. The van der Waals surface area contributed by atoms with E-state index in [1.54, 1.807) is 12.1 Å². The molecule has 164 valence electrons. The van der Waals surface area contributed by atoms with E-state index in [4.69, 9.17) is 4.52 Å². The summed E-state index contributed by atoms with van der Waals surface area (Å²) in [5.74, 6) is 0.172. The van der Waals surface area contributed by atoms with Gasteiger partial charge in [0.25, 0.3) is 0 Å². The number of carbonyl (C=O) groups excluding carboxylic acids is 1. The molecule has 9 heteroatoms. The monoisotopic (exact) mass is 450 g/mol. The maximum Gasteiger partial charge on any atom is 0.246 e. The number of aryl methyl sites for hydroxylation is 1. The van der Waals surface area contributed by atoms with Gasteiger partial charge in [-0.2, -0.15) is 9.29 Å². The van der Waals surface area contributed by atoms with E-state index in [2.05, 4.69) is 15.5 Å². The van der Waals surface area contributed by atoms with Gasteiger partial charge in [-0.3, -0.25) is 4.79 Å². The molecule has 0 radical (unpaired) electrons. The number of nitrogens with zero attached hydrogens (tertiary/aromatic N) is 3. The largest absolute Gasteiger partial charge is 0.346 e. The van der Waals surface area contributed by atoms with Crippen LogP contribution in [0.15, 0.2) is 76.1 Å². The fraction of sp³-hybridized carbons (Fsp3) is 0.174. The van der Waals surface area contributed by atoms with Crippen LogP contribution in [0.2, 0.25) is 0 Å². The van der Waals surface area contributed by atoms with Gasteiger partial charge >= 0.3 is 0 Å². The highest BCUT2D eigenvalue weighted by molar-refractivity contribution is 7.89. The zero-order valence-corrected chi connectivity index (χ0v) is 18.5. The van der Waals surface area contributed by atoms with Crippen molar-refractivity contribution in [3.05, 3.63) is 78.2 Å². The normalized spacial score (nSPS) is 11.7. The third-order valence-electron chi connectivity index (χ3n) is 5.01. The molecule has 0 fully saturated rings. The second-order valence-electron chi connectivity index (χ2n) is 7.42. The molecule has 1 amide bonds. The van der Waals surface area contributed by atoms with E-state index < -0.39 is 15.9 Å². The van der Waals surface area contributed by atoms with E-state index in [0.717, 1.165) is 26.2 Å². The number of likely N-dealkylation sites (N-methyl/N-ethyl adjacent to an activating group) is 1. The molecule has 32 heavy (non-hydrogen) atoms. The lowest BCUT2D eigenvalue weighted by molar-refractivity contribution is -0.121. The Morgan fingerprint density at radius 3 is 2.50 bits per heavy atom. The van der Waals surface area contributed by atoms with Crippen molar-refractivity contribution in [1.29, 1.82) is 0 Å². The van der Waals surface area contributed by atoms with E-state index in [1.165, 1.54) is 13.1 Å². The predicted molar refractivity (Wildman–Crippen MR) is 120 cm³/mol. The van der Waals surface area contributed by atoms with Gasteiger partial charge in [0.05, 0.1) is 18.0 Å². The predicted octanol–water partition coefficient (Wildman–Crippen LogP) is 3.14. The average Bonchev–Trinajstić information content (AvgIpc) is 3.27. The summed E-state index contributed by atoms with van der Waals surface area (Å²) in [5, 5.41) is 8.28. The summed E-state index contributed by atoms with van der Waals surface area (Å²) in [7, 11) is -2.46. The number of hydrogen-bond donors (Lipinski definition) is 1. The highest BCUT2D eigenvalue weighted by Gasteiger charge is 2.23. The van der Waals surface area contributed by atoms with Gasteiger partial charge in [-0.25, -0.2) is 8.42 Å². The number of carbonyl (C=O) groups is 1. The van der Waals surface area contributed by atoms with Gasteiger partial charge in [0.15, 0.2) is 0 Å². The van der Waals surface area contributed by atoms with Crippen LogP contribution in [0.5, 0.6) is 0 Å². The quantitative estimate of drug-likeness (QED) is 0.464. The molecule has 4 rings (SSSR count). The second kappa shape index (κ2) is 8.89. The molecule has 1 aromatic heterocycles. The molecule has 3 aromatic carbocycles. The summed E-state index contributed by atoms with van der Waals surface area (Å²) >= 11 is 0. The first-order valence-electron chi connectivity index (χ1n) is 9.94. The van der Waals surface area contributed by atoms with Crippen LogP contribution >= 0.6 is 0 Å². The van der Waals surface area contributed by atoms with Crippen molar-refractivity contribution in [1.82, 2.24) is 19.8 Å². The number of fused-ring (bicyclic) bond motifs is 1. The van der Waals surface area contributed by atoms with E-state index in [0.29, 0.717) is 5.82 Å². The topological polar surface area (TPSA) is 105 Å². The van der Waals surface area contributed by atoms with Gasteiger partial charge in [0.2, 0.25) is 27.6 Å². The Bertz CT molecular complexity index is 1360. The molecule has 0 unspecified atom stereocenters. The Labute approximate surface area is 185 Å². The van der Waals surface area contributed by atoms with Crippen molar-refractivity contribution in [2.24, 2.45) is 0 Å². The molecule has 0 saturated carbocycles. The van der Waals surface area contributed by atoms with Crippen LogP contribution < -0.4 is 5.32 Å². The van der Waals surface area contributed by atoms with Crippen LogP contribution in [0.4, 0.5) is 0 Å². The van der Waals surface area contributed by atoms with Crippen LogP contribution in [0.25, 0.3) is 22.2 Å². The smallest absolute Gasteiger partial charge is 0.246 e. The molecule has 0 spiro atoms.